The van der Waals surface area contributed by atoms with E-state index in [0.29, 0.717) is 19.5 Å². The van der Waals surface area contributed by atoms with Crippen molar-refractivity contribution in [2.75, 3.05) is 13.1 Å². The third-order valence-corrected chi connectivity index (χ3v) is 2.25. The van der Waals surface area contributed by atoms with E-state index in [-0.39, 0.29) is 5.91 Å². The maximum Gasteiger partial charge on any atom is 0.227 e. The maximum absolute atomic E-state index is 11.9. The second-order valence-corrected chi connectivity index (χ2v) is 3.54. The van der Waals surface area contributed by atoms with Gasteiger partial charge in [0.05, 0.1) is 6.42 Å². The fraction of sp³-hybridized carbons (Fsp3) is 0.214. The van der Waals surface area contributed by atoms with Crippen LogP contribution in [-0.4, -0.2) is 23.9 Å². The second-order valence-electron chi connectivity index (χ2n) is 3.54. The van der Waals surface area contributed by atoms with Crippen molar-refractivity contribution in [1.82, 2.24) is 4.90 Å². The van der Waals surface area contributed by atoms with Crippen LogP contribution in [-0.2, 0) is 11.2 Å². The molecule has 0 aromatic heterocycles. The molecule has 0 unspecified atom stereocenters. The van der Waals surface area contributed by atoms with Crippen LogP contribution < -0.4 is 0 Å². The van der Waals surface area contributed by atoms with Crippen molar-refractivity contribution in [2.24, 2.45) is 0 Å². The summed E-state index contributed by atoms with van der Waals surface area (Å²) in [5.41, 5.74) is 1.03. The van der Waals surface area contributed by atoms with Gasteiger partial charge in [0.1, 0.15) is 0 Å². The maximum atomic E-state index is 11.9. The Morgan fingerprint density at radius 3 is 2.19 bits per heavy atom. The Bertz CT molecular complexity index is 346. The van der Waals surface area contributed by atoms with Gasteiger partial charge in [-0.1, -0.05) is 42.5 Å². The molecular weight excluding hydrogens is 198 g/mol. The topological polar surface area (TPSA) is 20.3 Å². The summed E-state index contributed by atoms with van der Waals surface area (Å²) in [6.45, 7) is 8.42. The molecule has 2 heteroatoms. The zero-order chi connectivity index (χ0) is 11.8. The summed E-state index contributed by atoms with van der Waals surface area (Å²) in [4.78, 5) is 13.7. The molecule has 2 nitrogen and oxygen atoms in total. The summed E-state index contributed by atoms with van der Waals surface area (Å²) in [5, 5.41) is 0. The molecule has 0 N–H and O–H groups in total. The molecule has 1 aromatic rings. The van der Waals surface area contributed by atoms with Crippen molar-refractivity contribution in [1.29, 1.82) is 0 Å². The van der Waals surface area contributed by atoms with Crippen molar-refractivity contribution in [3.05, 3.63) is 61.2 Å². The van der Waals surface area contributed by atoms with E-state index in [2.05, 4.69) is 13.2 Å². The number of rotatable bonds is 6. The lowest BCUT2D eigenvalue weighted by atomic mass is 10.1. The highest BCUT2D eigenvalue weighted by Gasteiger charge is 2.10. The van der Waals surface area contributed by atoms with Gasteiger partial charge in [0.2, 0.25) is 5.91 Å². The average Bonchev–Trinajstić information content (AvgIpc) is 2.30. The molecule has 0 bridgehead atoms. The van der Waals surface area contributed by atoms with Gasteiger partial charge in [-0.15, -0.1) is 13.2 Å². The molecule has 0 aliphatic heterocycles. The van der Waals surface area contributed by atoms with Crippen LogP contribution in [0.1, 0.15) is 5.56 Å². The number of nitrogens with zero attached hydrogens (tertiary/aromatic N) is 1. The predicted octanol–water partition coefficient (Wildman–Crippen LogP) is 2.43. The molecule has 0 radical (unpaired) electrons. The van der Waals surface area contributed by atoms with Crippen molar-refractivity contribution in [3.63, 3.8) is 0 Å². The monoisotopic (exact) mass is 215 g/mol. The molecule has 1 aromatic carbocycles. The van der Waals surface area contributed by atoms with Crippen LogP contribution in [0.5, 0.6) is 0 Å². The van der Waals surface area contributed by atoms with Crippen LogP contribution in [0.4, 0.5) is 0 Å². The molecule has 0 heterocycles. The van der Waals surface area contributed by atoms with E-state index in [0.717, 1.165) is 5.56 Å². The van der Waals surface area contributed by atoms with Gasteiger partial charge in [-0.05, 0) is 5.56 Å². The Hall–Kier alpha value is -1.83. The Morgan fingerprint density at radius 1 is 1.12 bits per heavy atom. The van der Waals surface area contributed by atoms with Gasteiger partial charge >= 0.3 is 0 Å². The normalized spacial score (nSPS) is 9.50. The molecule has 1 amide bonds. The summed E-state index contributed by atoms with van der Waals surface area (Å²) < 4.78 is 0. The minimum absolute atomic E-state index is 0.103. The third-order valence-electron chi connectivity index (χ3n) is 2.25. The van der Waals surface area contributed by atoms with Gasteiger partial charge in [0, 0.05) is 13.1 Å². The first-order valence-corrected chi connectivity index (χ1v) is 5.31. The van der Waals surface area contributed by atoms with Crippen LogP contribution in [0.3, 0.4) is 0 Å². The van der Waals surface area contributed by atoms with E-state index in [9.17, 15) is 4.79 Å². The molecule has 1 rings (SSSR count). The molecule has 84 valence electrons. The Labute approximate surface area is 96.9 Å². The Kier molecular flexibility index (Phi) is 5.06. The van der Waals surface area contributed by atoms with Crippen LogP contribution in [0, 0.1) is 0 Å². The van der Waals surface area contributed by atoms with Gasteiger partial charge in [0.25, 0.3) is 0 Å². The number of hydrogen-bond acceptors (Lipinski definition) is 1. The van der Waals surface area contributed by atoms with E-state index in [1.807, 2.05) is 30.3 Å². The second kappa shape index (κ2) is 6.62. The van der Waals surface area contributed by atoms with E-state index in [1.165, 1.54) is 0 Å². The number of amides is 1. The average molecular weight is 215 g/mol. The summed E-state index contributed by atoms with van der Waals surface area (Å²) in [5.74, 6) is 0.103. The van der Waals surface area contributed by atoms with E-state index in [4.69, 9.17) is 0 Å². The SMILES string of the molecule is C=CCN(CC=C)C(=O)Cc1ccccc1. The quantitative estimate of drug-likeness (QED) is 0.667. The lowest BCUT2D eigenvalue weighted by Gasteiger charge is -2.19. The number of hydrogen-bond donors (Lipinski definition) is 0. The number of carbonyl (C=O) groups excluding carboxylic acids is 1. The van der Waals surface area contributed by atoms with Gasteiger partial charge in [0.15, 0.2) is 0 Å². The van der Waals surface area contributed by atoms with E-state index >= 15 is 0 Å². The number of benzene rings is 1. The minimum Gasteiger partial charge on any atom is -0.335 e. The Morgan fingerprint density at radius 2 is 1.69 bits per heavy atom. The lowest BCUT2D eigenvalue weighted by molar-refractivity contribution is -0.129. The summed E-state index contributed by atoms with van der Waals surface area (Å²) in [6, 6.07) is 9.73. The first-order valence-electron chi connectivity index (χ1n) is 5.31. The van der Waals surface area contributed by atoms with Crippen LogP contribution in [0.15, 0.2) is 55.6 Å². The number of carbonyl (C=O) groups is 1. The standard InChI is InChI=1S/C14H17NO/c1-3-10-15(11-4-2)14(16)12-13-8-6-5-7-9-13/h3-9H,1-2,10-12H2. The van der Waals surface area contributed by atoms with E-state index < -0.39 is 0 Å². The van der Waals surface area contributed by atoms with Gasteiger partial charge < -0.3 is 4.90 Å². The molecule has 0 saturated heterocycles. The van der Waals surface area contributed by atoms with Gasteiger partial charge in [-0.2, -0.15) is 0 Å². The summed E-state index contributed by atoms with van der Waals surface area (Å²) >= 11 is 0. The minimum atomic E-state index is 0.103. The summed E-state index contributed by atoms with van der Waals surface area (Å²) in [7, 11) is 0. The molecule has 16 heavy (non-hydrogen) atoms. The van der Waals surface area contributed by atoms with Crippen molar-refractivity contribution in [2.45, 2.75) is 6.42 Å². The third kappa shape index (κ3) is 3.73. The first-order chi connectivity index (χ1) is 7.77. The van der Waals surface area contributed by atoms with Crippen LogP contribution in [0.25, 0.3) is 0 Å². The largest absolute Gasteiger partial charge is 0.335 e. The van der Waals surface area contributed by atoms with Crippen molar-refractivity contribution >= 4 is 5.91 Å². The fourth-order valence-electron chi connectivity index (χ4n) is 1.47. The van der Waals surface area contributed by atoms with Crippen LogP contribution in [0.2, 0.25) is 0 Å². The zero-order valence-corrected chi connectivity index (χ0v) is 9.43. The Balaban J connectivity index is 2.61. The molecule has 0 atom stereocenters. The van der Waals surface area contributed by atoms with Crippen molar-refractivity contribution < 1.29 is 4.79 Å². The molecule has 0 aliphatic carbocycles. The highest BCUT2D eigenvalue weighted by atomic mass is 16.2. The predicted molar refractivity (Wildman–Crippen MR) is 67.1 cm³/mol. The van der Waals surface area contributed by atoms with E-state index in [1.54, 1.807) is 17.1 Å². The molecular formula is C14H17NO. The molecule has 0 aliphatic rings. The highest BCUT2D eigenvalue weighted by Crippen LogP contribution is 2.03. The van der Waals surface area contributed by atoms with Gasteiger partial charge in [-0.25, -0.2) is 0 Å². The highest BCUT2D eigenvalue weighted by molar-refractivity contribution is 5.79. The molecule has 0 spiro atoms. The summed E-state index contributed by atoms with van der Waals surface area (Å²) in [6.07, 6.45) is 3.89. The lowest BCUT2D eigenvalue weighted by Crippen LogP contribution is -2.32. The van der Waals surface area contributed by atoms with Crippen molar-refractivity contribution in [3.8, 4) is 0 Å². The smallest absolute Gasteiger partial charge is 0.227 e. The van der Waals surface area contributed by atoms with Gasteiger partial charge in [-0.3, -0.25) is 4.79 Å². The zero-order valence-electron chi connectivity index (χ0n) is 9.43. The first kappa shape index (κ1) is 12.2. The molecule has 0 saturated carbocycles. The molecule has 0 fully saturated rings. The fourth-order valence-corrected chi connectivity index (χ4v) is 1.47. The van der Waals surface area contributed by atoms with Crippen LogP contribution >= 0.6 is 0 Å².